The highest BCUT2D eigenvalue weighted by atomic mass is 19.2. The van der Waals surface area contributed by atoms with E-state index in [0.717, 1.165) is 72.3 Å². The summed E-state index contributed by atoms with van der Waals surface area (Å²) in [7, 11) is 0. The molecule has 15 heteroatoms. The van der Waals surface area contributed by atoms with Crippen molar-refractivity contribution in [1.29, 1.82) is 0 Å². The van der Waals surface area contributed by atoms with Crippen LogP contribution in [0, 0.1) is 51.1 Å². The highest BCUT2D eigenvalue weighted by molar-refractivity contribution is 5.67. The number of aromatic nitrogens is 6. The number of hydrogen-bond acceptors (Lipinski definition) is 9. The molecule has 370 valence electrons. The van der Waals surface area contributed by atoms with Crippen molar-refractivity contribution < 1.29 is 41.0 Å². The molecule has 6 aromatic rings. The number of carbonyl (C=O) groups is 1. The Hall–Kier alpha value is -6.09. The summed E-state index contributed by atoms with van der Waals surface area (Å²) >= 11 is 0. The molecule has 6 bridgehead atoms. The zero-order chi connectivity index (χ0) is 50.8. The third kappa shape index (κ3) is 6.86. The third-order valence-corrected chi connectivity index (χ3v) is 18.6. The minimum absolute atomic E-state index is 0.00626. The number of halogens is 6. The highest BCUT2D eigenvalue weighted by Crippen LogP contribution is 2.69. The lowest BCUT2D eigenvalue weighted by atomic mass is 9.69. The Kier molecular flexibility index (Phi) is 11.4. The molecule has 0 aliphatic heterocycles. The molecule has 0 unspecified atom stereocenters. The Morgan fingerprint density at radius 3 is 1.27 bits per heavy atom. The first kappa shape index (κ1) is 48.5. The topological polar surface area (TPSA) is 124 Å². The van der Waals surface area contributed by atoms with Crippen molar-refractivity contribution in [3.63, 3.8) is 0 Å². The number of aliphatic hydroxyl groups is 1. The molecular formula is C56H56F6N6O3. The van der Waals surface area contributed by atoms with Crippen LogP contribution in [-0.4, -0.2) is 54.9 Å². The lowest BCUT2D eigenvalue weighted by molar-refractivity contribution is -0.144. The van der Waals surface area contributed by atoms with Crippen molar-refractivity contribution >= 4 is 5.97 Å². The number of benzene rings is 3. The number of hydrogen-bond donors (Lipinski definition) is 1. The van der Waals surface area contributed by atoms with Gasteiger partial charge in [-0.05, 0) is 144 Å². The molecule has 0 radical (unpaired) electrons. The van der Waals surface area contributed by atoms with Gasteiger partial charge in [0.1, 0.15) is 41.5 Å². The van der Waals surface area contributed by atoms with Crippen molar-refractivity contribution in [1.82, 2.24) is 30.6 Å². The molecule has 3 fully saturated rings. The Morgan fingerprint density at radius 1 is 0.521 bits per heavy atom. The quantitative estimate of drug-likeness (QED) is 0.128. The maximum absolute atomic E-state index is 14.1. The molecular weight excluding hydrogens is 919 g/mol. The lowest BCUT2D eigenvalue weighted by Gasteiger charge is -2.37. The van der Waals surface area contributed by atoms with Gasteiger partial charge in [0, 0.05) is 17.8 Å². The van der Waals surface area contributed by atoms with Gasteiger partial charge < -0.3 is 9.84 Å². The van der Waals surface area contributed by atoms with Gasteiger partial charge in [-0.1, -0.05) is 66.7 Å². The summed E-state index contributed by atoms with van der Waals surface area (Å²) < 4.78 is 89.7. The molecule has 6 aliphatic carbocycles. The van der Waals surface area contributed by atoms with E-state index in [2.05, 4.69) is 79.1 Å². The third-order valence-electron chi connectivity index (χ3n) is 18.6. The standard InChI is InChI=1S/C20H20F2N2O2.C18H18F2N2O.C18H18F2N2/c1-11(25)26-10-20-8-7-13(19(20,2)3)12-9-16(23-24-18(12)20)17-14(21)5-4-6-15(17)22;1-17(2)11-6-7-18(17,9-23)16-10(11)8-14(21-22-16)15-12(19)4-3-5-13(15)20;1-17(2)11-7-8-18(17,3)16-10(11)9-14(21-22-16)15-12(19)5-4-6-13(15)20/h4-6,9,13H,7-8,10H2,1-3H3;3-5,8,11,23H,6-7,9H2,1-2H3;4-6,9,11H,7-8H2,1-3H3/t13-,20-;11-,18-;11-,18+/m111/s1. The van der Waals surface area contributed by atoms with Crippen LogP contribution in [-0.2, 0) is 25.8 Å². The molecule has 71 heavy (non-hydrogen) atoms. The maximum atomic E-state index is 14.1. The van der Waals surface area contributed by atoms with Crippen LogP contribution in [0.15, 0.2) is 72.8 Å². The highest BCUT2D eigenvalue weighted by Gasteiger charge is 2.65. The summed E-state index contributed by atoms with van der Waals surface area (Å²) in [5, 5.41) is 35.4. The Bertz CT molecular complexity index is 3100. The van der Waals surface area contributed by atoms with Crippen molar-refractivity contribution in [3.8, 4) is 33.8 Å². The van der Waals surface area contributed by atoms with Crippen LogP contribution in [0.5, 0.6) is 0 Å². The Labute approximate surface area is 408 Å². The van der Waals surface area contributed by atoms with Gasteiger partial charge in [0.15, 0.2) is 0 Å². The predicted octanol–water partition coefficient (Wildman–Crippen LogP) is 12.3. The number of ether oxygens (including phenoxy) is 1. The van der Waals surface area contributed by atoms with Gasteiger partial charge in [-0.3, -0.25) is 4.79 Å². The van der Waals surface area contributed by atoms with Crippen LogP contribution in [0.1, 0.15) is 145 Å². The largest absolute Gasteiger partial charge is 0.465 e. The van der Waals surface area contributed by atoms with Crippen LogP contribution in [0.25, 0.3) is 33.8 Å². The van der Waals surface area contributed by atoms with Crippen LogP contribution < -0.4 is 0 Å². The zero-order valence-corrected chi connectivity index (χ0v) is 41.0. The van der Waals surface area contributed by atoms with E-state index in [0.29, 0.717) is 11.6 Å². The average molecular weight is 975 g/mol. The number of carbonyl (C=O) groups excluding carboxylic acids is 1. The minimum atomic E-state index is -0.656. The van der Waals surface area contributed by atoms with E-state index in [1.165, 1.54) is 61.5 Å². The van der Waals surface area contributed by atoms with Crippen LogP contribution >= 0.6 is 0 Å². The van der Waals surface area contributed by atoms with E-state index < -0.39 is 45.7 Å². The molecule has 3 aromatic carbocycles. The molecule has 3 heterocycles. The van der Waals surface area contributed by atoms with Gasteiger partial charge >= 0.3 is 5.97 Å². The maximum Gasteiger partial charge on any atom is 0.302 e. The molecule has 3 saturated carbocycles. The molecule has 1 N–H and O–H groups in total. The van der Waals surface area contributed by atoms with E-state index in [1.807, 2.05) is 6.07 Å². The SMILES string of the molecule is CC(=O)OC[C@]12CC[C@H](c3cc(-c4c(F)cccc4F)nnc31)C2(C)C.CC1(C)[C@@H]2CC[C@@]1(C)c1nnc(-c3c(F)cccc3F)cc12.CC1(C)[C@@H]2CC[C@@]1(CO)c1nnc(-c3c(F)cccc3F)cc12. The van der Waals surface area contributed by atoms with E-state index >= 15 is 0 Å². The molecule has 0 saturated heterocycles. The van der Waals surface area contributed by atoms with E-state index in [4.69, 9.17) is 4.74 Å². The van der Waals surface area contributed by atoms with Gasteiger partial charge in [-0.25, -0.2) is 26.3 Å². The lowest BCUT2D eigenvalue weighted by Crippen LogP contribution is -2.40. The van der Waals surface area contributed by atoms with Crippen LogP contribution in [0.2, 0.25) is 0 Å². The number of rotatable bonds is 6. The van der Waals surface area contributed by atoms with Crippen molar-refractivity contribution in [3.05, 3.63) is 141 Å². The van der Waals surface area contributed by atoms with Crippen molar-refractivity contribution in [2.45, 2.75) is 128 Å². The van der Waals surface area contributed by atoms with Gasteiger partial charge in [-0.15, -0.1) is 5.10 Å². The molecule has 6 atom stereocenters. The normalized spacial score (nSPS) is 26.7. The van der Waals surface area contributed by atoms with Crippen molar-refractivity contribution in [2.75, 3.05) is 13.2 Å². The van der Waals surface area contributed by atoms with Gasteiger partial charge in [0.25, 0.3) is 0 Å². The molecule has 0 amide bonds. The molecule has 3 aromatic heterocycles. The van der Waals surface area contributed by atoms with Crippen molar-refractivity contribution in [2.24, 2.45) is 16.2 Å². The summed E-state index contributed by atoms with van der Waals surface area (Å²) in [6.45, 7) is 17.0. The molecule has 6 aliphatic rings. The monoisotopic (exact) mass is 974 g/mol. The smallest absolute Gasteiger partial charge is 0.302 e. The van der Waals surface area contributed by atoms with Gasteiger partial charge in [0.2, 0.25) is 0 Å². The van der Waals surface area contributed by atoms with E-state index in [1.54, 1.807) is 12.1 Å². The Balaban J connectivity index is 0.000000123. The van der Waals surface area contributed by atoms with Crippen LogP contribution in [0.3, 0.4) is 0 Å². The molecule has 12 rings (SSSR count). The minimum Gasteiger partial charge on any atom is -0.465 e. The first-order valence-electron chi connectivity index (χ1n) is 24.3. The average Bonchev–Trinajstić information content (AvgIpc) is 4.00. The van der Waals surface area contributed by atoms with Crippen LogP contribution in [0.4, 0.5) is 26.3 Å². The molecule has 0 spiro atoms. The second kappa shape index (κ2) is 16.7. The van der Waals surface area contributed by atoms with Gasteiger partial charge in [-0.2, -0.15) is 25.5 Å². The second-order valence-electron chi connectivity index (χ2n) is 22.3. The zero-order valence-electron chi connectivity index (χ0n) is 41.0. The number of esters is 1. The van der Waals surface area contributed by atoms with Gasteiger partial charge in [0.05, 0.1) is 62.9 Å². The second-order valence-corrected chi connectivity index (χ2v) is 22.3. The predicted molar refractivity (Wildman–Crippen MR) is 254 cm³/mol. The summed E-state index contributed by atoms with van der Waals surface area (Å²) in [4.78, 5) is 11.4. The number of aliphatic hydroxyl groups excluding tert-OH is 1. The van der Waals surface area contributed by atoms with E-state index in [-0.39, 0.29) is 80.8 Å². The molecule has 9 nitrogen and oxygen atoms in total. The van der Waals surface area contributed by atoms with E-state index in [9.17, 15) is 36.2 Å². The summed E-state index contributed by atoms with van der Waals surface area (Å²) in [6.07, 6.45) is 5.79. The summed E-state index contributed by atoms with van der Waals surface area (Å²) in [6, 6.07) is 16.8. The fraction of sp³-hybridized carbons (Fsp3) is 0.446. The summed E-state index contributed by atoms with van der Waals surface area (Å²) in [5.41, 5.74) is 4.99. The number of fused-ring (bicyclic) bond motifs is 15. The Morgan fingerprint density at radius 2 is 0.859 bits per heavy atom. The first-order valence-corrected chi connectivity index (χ1v) is 24.3. The fourth-order valence-corrected chi connectivity index (χ4v) is 13.9. The number of nitrogens with zero attached hydrogens (tertiary/aromatic N) is 6. The summed E-state index contributed by atoms with van der Waals surface area (Å²) in [5.74, 6) is -3.30. The fourth-order valence-electron chi connectivity index (χ4n) is 13.9. The first-order chi connectivity index (χ1) is 33.6.